The van der Waals surface area contributed by atoms with Crippen LogP contribution in [0.25, 0.3) is 23.3 Å². The van der Waals surface area contributed by atoms with Crippen molar-refractivity contribution in [2.45, 2.75) is 6.42 Å². The molecular weight excluding hydrogens is 204 g/mol. The SMILES string of the molecule is C=Cc1ccc2c(c1)Cc1cc(C=C)ccc1-2. The minimum absolute atomic E-state index is 1.02. The predicted octanol–water partition coefficient (Wildman–Crippen LogP) is 4.54. The second kappa shape index (κ2) is 3.74. The fraction of sp³-hybridized carbons (Fsp3) is 0.0588. The highest BCUT2D eigenvalue weighted by molar-refractivity contribution is 5.79. The fourth-order valence-electron chi connectivity index (χ4n) is 2.50. The molecule has 0 spiro atoms. The first kappa shape index (κ1) is 10.1. The van der Waals surface area contributed by atoms with Crippen molar-refractivity contribution in [3.63, 3.8) is 0 Å². The zero-order valence-electron chi connectivity index (χ0n) is 9.74. The molecule has 2 aromatic carbocycles. The highest BCUT2D eigenvalue weighted by Crippen LogP contribution is 2.37. The maximum absolute atomic E-state index is 3.82. The fourth-order valence-corrected chi connectivity index (χ4v) is 2.50. The van der Waals surface area contributed by atoms with E-state index in [1.165, 1.54) is 33.4 Å². The molecule has 17 heavy (non-hydrogen) atoms. The largest absolute Gasteiger partial charge is 0.0985 e. The Bertz CT molecular complexity index is 562. The molecule has 0 saturated heterocycles. The molecule has 0 unspecified atom stereocenters. The van der Waals surface area contributed by atoms with Gasteiger partial charge in [0.05, 0.1) is 0 Å². The van der Waals surface area contributed by atoms with Gasteiger partial charge in [-0.25, -0.2) is 0 Å². The van der Waals surface area contributed by atoms with Crippen molar-refractivity contribution in [1.29, 1.82) is 0 Å². The molecule has 0 N–H and O–H groups in total. The molecule has 3 rings (SSSR count). The Morgan fingerprint density at radius 1 is 0.765 bits per heavy atom. The lowest BCUT2D eigenvalue weighted by Gasteiger charge is -2.02. The van der Waals surface area contributed by atoms with Gasteiger partial charge in [-0.15, -0.1) is 0 Å². The minimum atomic E-state index is 1.02. The van der Waals surface area contributed by atoms with Crippen LogP contribution in [0.5, 0.6) is 0 Å². The third kappa shape index (κ3) is 1.53. The maximum Gasteiger partial charge on any atom is -0.00130 e. The lowest BCUT2D eigenvalue weighted by atomic mass is 10.0. The summed E-state index contributed by atoms with van der Waals surface area (Å²) in [6.45, 7) is 7.64. The average Bonchev–Trinajstić information content (AvgIpc) is 2.74. The highest BCUT2D eigenvalue weighted by Gasteiger charge is 2.17. The van der Waals surface area contributed by atoms with Crippen LogP contribution in [-0.4, -0.2) is 0 Å². The van der Waals surface area contributed by atoms with Crippen LogP contribution in [0.2, 0.25) is 0 Å². The molecule has 0 fully saturated rings. The van der Waals surface area contributed by atoms with Gasteiger partial charge in [0.25, 0.3) is 0 Å². The van der Waals surface area contributed by atoms with Crippen molar-refractivity contribution in [2.24, 2.45) is 0 Å². The number of fused-ring (bicyclic) bond motifs is 3. The van der Waals surface area contributed by atoms with Crippen molar-refractivity contribution < 1.29 is 0 Å². The van der Waals surface area contributed by atoms with Crippen LogP contribution in [0.3, 0.4) is 0 Å². The molecule has 1 aliphatic rings. The molecule has 0 heterocycles. The Morgan fingerprint density at radius 3 is 1.65 bits per heavy atom. The van der Waals surface area contributed by atoms with E-state index in [0.29, 0.717) is 0 Å². The molecule has 0 amide bonds. The molecule has 0 heteroatoms. The van der Waals surface area contributed by atoms with Crippen LogP contribution in [0.4, 0.5) is 0 Å². The third-order valence-corrected chi connectivity index (χ3v) is 3.40. The molecule has 0 aliphatic heterocycles. The van der Waals surface area contributed by atoms with E-state index in [0.717, 1.165) is 6.42 Å². The van der Waals surface area contributed by atoms with Gasteiger partial charge in [-0.2, -0.15) is 0 Å². The van der Waals surface area contributed by atoms with E-state index in [1.54, 1.807) is 0 Å². The van der Waals surface area contributed by atoms with E-state index in [1.807, 2.05) is 12.2 Å². The van der Waals surface area contributed by atoms with Gasteiger partial charge in [0.2, 0.25) is 0 Å². The summed E-state index contributed by atoms with van der Waals surface area (Å²) in [6.07, 6.45) is 4.82. The van der Waals surface area contributed by atoms with Crippen LogP contribution < -0.4 is 0 Å². The van der Waals surface area contributed by atoms with Crippen molar-refractivity contribution in [3.8, 4) is 11.1 Å². The highest BCUT2D eigenvalue weighted by atomic mass is 14.2. The molecule has 1 aliphatic carbocycles. The molecule has 0 saturated carbocycles. The van der Waals surface area contributed by atoms with Crippen molar-refractivity contribution in [3.05, 3.63) is 71.8 Å². The second-order valence-electron chi connectivity index (χ2n) is 4.42. The molecule has 0 radical (unpaired) electrons. The quantitative estimate of drug-likeness (QED) is 0.592. The van der Waals surface area contributed by atoms with Crippen molar-refractivity contribution in [2.75, 3.05) is 0 Å². The Hall–Kier alpha value is -2.08. The monoisotopic (exact) mass is 218 g/mol. The molecule has 0 nitrogen and oxygen atoms in total. The zero-order chi connectivity index (χ0) is 11.8. The van der Waals surface area contributed by atoms with E-state index in [2.05, 4.69) is 49.6 Å². The Kier molecular flexibility index (Phi) is 2.22. The lowest BCUT2D eigenvalue weighted by molar-refractivity contribution is 1.26. The number of benzene rings is 2. The Morgan fingerprint density at radius 2 is 1.24 bits per heavy atom. The van der Waals surface area contributed by atoms with Crippen molar-refractivity contribution in [1.82, 2.24) is 0 Å². The van der Waals surface area contributed by atoms with Gasteiger partial charge < -0.3 is 0 Å². The average molecular weight is 218 g/mol. The van der Waals surface area contributed by atoms with Gasteiger partial charge in [-0.05, 0) is 39.8 Å². The summed E-state index contributed by atoms with van der Waals surface area (Å²) in [6, 6.07) is 13.1. The smallest absolute Gasteiger partial charge is 0.00130 e. The first-order chi connectivity index (χ1) is 8.31. The van der Waals surface area contributed by atoms with Crippen LogP contribution in [-0.2, 0) is 6.42 Å². The molecular formula is C17H14. The van der Waals surface area contributed by atoms with E-state index >= 15 is 0 Å². The summed E-state index contributed by atoms with van der Waals surface area (Å²) in [4.78, 5) is 0. The van der Waals surface area contributed by atoms with E-state index in [9.17, 15) is 0 Å². The number of rotatable bonds is 2. The molecule has 0 bridgehead atoms. The molecule has 0 atom stereocenters. The van der Waals surface area contributed by atoms with Gasteiger partial charge in [0.1, 0.15) is 0 Å². The number of hydrogen-bond donors (Lipinski definition) is 0. The summed E-state index contributed by atoms with van der Waals surface area (Å²) in [7, 11) is 0. The normalized spacial score (nSPS) is 11.8. The second-order valence-corrected chi connectivity index (χ2v) is 4.42. The maximum atomic E-state index is 3.82. The Labute approximate surface area is 102 Å². The Balaban J connectivity index is 2.16. The third-order valence-electron chi connectivity index (χ3n) is 3.40. The van der Waals surface area contributed by atoms with E-state index in [4.69, 9.17) is 0 Å². The summed E-state index contributed by atoms with van der Waals surface area (Å²) < 4.78 is 0. The first-order valence-electron chi connectivity index (χ1n) is 5.83. The van der Waals surface area contributed by atoms with Gasteiger partial charge >= 0.3 is 0 Å². The van der Waals surface area contributed by atoms with Crippen LogP contribution in [0.15, 0.2) is 49.6 Å². The molecule has 82 valence electrons. The number of hydrogen-bond acceptors (Lipinski definition) is 0. The van der Waals surface area contributed by atoms with E-state index < -0.39 is 0 Å². The minimum Gasteiger partial charge on any atom is -0.0985 e. The predicted molar refractivity (Wildman–Crippen MR) is 74.9 cm³/mol. The van der Waals surface area contributed by atoms with Crippen LogP contribution >= 0.6 is 0 Å². The summed E-state index contributed by atoms with van der Waals surface area (Å²) >= 11 is 0. The van der Waals surface area contributed by atoms with E-state index in [-0.39, 0.29) is 0 Å². The molecule has 2 aromatic rings. The van der Waals surface area contributed by atoms with Gasteiger partial charge in [0.15, 0.2) is 0 Å². The summed E-state index contributed by atoms with van der Waals surface area (Å²) in [5.74, 6) is 0. The van der Waals surface area contributed by atoms with Crippen molar-refractivity contribution >= 4 is 12.2 Å². The topological polar surface area (TPSA) is 0 Å². The molecule has 0 aromatic heterocycles. The summed E-state index contributed by atoms with van der Waals surface area (Å²) in [5.41, 5.74) is 7.92. The van der Waals surface area contributed by atoms with Crippen LogP contribution in [0, 0.1) is 0 Å². The van der Waals surface area contributed by atoms with Gasteiger partial charge in [-0.3, -0.25) is 0 Å². The van der Waals surface area contributed by atoms with Gasteiger partial charge in [0, 0.05) is 0 Å². The summed E-state index contributed by atoms with van der Waals surface area (Å²) in [5, 5.41) is 0. The first-order valence-corrected chi connectivity index (χ1v) is 5.83. The zero-order valence-corrected chi connectivity index (χ0v) is 9.74. The van der Waals surface area contributed by atoms with Gasteiger partial charge in [-0.1, -0.05) is 61.7 Å². The standard InChI is InChI=1S/C17H14/c1-3-12-5-7-16-14(9-12)11-15-10-13(4-2)6-8-17(15)16/h3-10H,1-2,11H2. The lowest BCUT2D eigenvalue weighted by Crippen LogP contribution is -1.82. The van der Waals surface area contributed by atoms with Crippen LogP contribution in [0.1, 0.15) is 22.3 Å².